The first kappa shape index (κ1) is 7.34. The van der Waals surface area contributed by atoms with Gasteiger partial charge in [0.1, 0.15) is 0 Å². The van der Waals surface area contributed by atoms with Crippen LogP contribution in [0, 0.1) is 0 Å². The highest BCUT2D eigenvalue weighted by molar-refractivity contribution is 7.98. The van der Waals surface area contributed by atoms with E-state index in [0.717, 1.165) is 5.16 Å². The molecule has 0 spiro atoms. The molecule has 0 aliphatic heterocycles. The number of carbonyl (C=O) groups is 1. The second-order valence-electron chi connectivity index (χ2n) is 1.80. The topological polar surface area (TPSA) is 34.9 Å². The van der Waals surface area contributed by atoms with E-state index in [-0.39, 0.29) is 5.91 Å². The smallest absolute Gasteiger partial charge is 0.229 e. The minimum atomic E-state index is 0.00171. The predicted molar refractivity (Wildman–Crippen MR) is 40.3 cm³/mol. The van der Waals surface area contributed by atoms with Gasteiger partial charge in [-0.1, -0.05) is 11.8 Å². The van der Waals surface area contributed by atoms with Gasteiger partial charge in [-0.3, -0.25) is 9.36 Å². The zero-order valence-corrected chi connectivity index (χ0v) is 6.68. The van der Waals surface area contributed by atoms with E-state index in [9.17, 15) is 4.79 Å². The summed E-state index contributed by atoms with van der Waals surface area (Å²) >= 11 is 1.46. The molecule has 0 fully saturated rings. The SMILES string of the molecule is CSc1nccn1C(C)=O. The van der Waals surface area contributed by atoms with Crippen molar-refractivity contribution in [1.82, 2.24) is 9.55 Å². The normalized spacial score (nSPS) is 9.80. The molecular weight excluding hydrogens is 148 g/mol. The lowest BCUT2D eigenvalue weighted by atomic mass is 10.7. The highest BCUT2D eigenvalue weighted by Crippen LogP contribution is 2.10. The van der Waals surface area contributed by atoms with Gasteiger partial charge in [-0.15, -0.1) is 0 Å². The Labute approximate surface area is 63.4 Å². The van der Waals surface area contributed by atoms with E-state index in [1.165, 1.54) is 23.3 Å². The molecule has 54 valence electrons. The molecule has 0 aromatic carbocycles. The zero-order chi connectivity index (χ0) is 7.56. The second-order valence-corrected chi connectivity index (χ2v) is 2.58. The minimum Gasteiger partial charge on any atom is -0.274 e. The van der Waals surface area contributed by atoms with Crippen LogP contribution in [0.2, 0.25) is 0 Å². The van der Waals surface area contributed by atoms with Crippen molar-refractivity contribution < 1.29 is 4.79 Å². The van der Waals surface area contributed by atoms with Gasteiger partial charge in [0, 0.05) is 19.3 Å². The fraction of sp³-hybridized carbons (Fsp3) is 0.333. The number of carbonyl (C=O) groups excluding carboxylic acids is 1. The largest absolute Gasteiger partial charge is 0.274 e. The molecule has 1 heterocycles. The van der Waals surface area contributed by atoms with Crippen LogP contribution in [0.1, 0.15) is 11.7 Å². The molecule has 4 heteroatoms. The third kappa shape index (κ3) is 1.21. The molecule has 1 aromatic heterocycles. The van der Waals surface area contributed by atoms with Gasteiger partial charge in [-0.2, -0.15) is 0 Å². The molecule has 1 rings (SSSR count). The van der Waals surface area contributed by atoms with E-state index in [1.807, 2.05) is 6.26 Å². The number of rotatable bonds is 1. The van der Waals surface area contributed by atoms with Gasteiger partial charge in [0.05, 0.1) is 0 Å². The zero-order valence-electron chi connectivity index (χ0n) is 5.87. The summed E-state index contributed by atoms with van der Waals surface area (Å²) in [5.74, 6) is 0.00171. The summed E-state index contributed by atoms with van der Waals surface area (Å²) in [6.45, 7) is 1.52. The summed E-state index contributed by atoms with van der Waals surface area (Å²) in [4.78, 5) is 14.8. The van der Waals surface area contributed by atoms with E-state index in [0.29, 0.717) is 0 Å². The number of thioether (sulfide) groups is 1. The molecule has 1 aromatic rings. The fourth-order valence-corrected chi connectivity index (χ4v) is 1.23. The van der Waals surface area contributed by atoms with Crippen LogP contribution in [0.3, 0.4) is 0 Å². The third-order valence-electron chi connectivity index (χ3n) is 1.13. The van der Waals surface area contributed by atoms with Gasteiger partial charge in [0.2, 0.25) is 5.91 Å². The van der Waals surface area contributed by atoms with Gasteiger partial charge in [0.15, 0.2) is 5.16 Å². The lowest BCUT2D eigenvalue weighted by molar-refractivity contribution is 0.0926. The molecular formula is C6H8N2OS. The average molecular weight is 156 g/mol. The van der Waals surface area contributed by atoms with Gasteiger partial charge >= 0.3 is 0 Å². The van der Waals surface area contributed by atoms with E-state index >= 15 is 0 Å². The van der Waals surface area contributed by atoms with Crippen LogP contribution in [0.25, 0.3) is 0 Å². The van der Waals surface area contributed by atoms with Crippen LogP contribution in [-0.2, 0) is 0 Å². The maximum Gasteiger partial charge on any atom is 0.229 e. The Kier molecular flexibility index (Phi) is 2.11. The van der Waals surface area contributed by atoms with E-state index in [1.54, 1.807) is 12.4 Å². The first-order valence-corrected chi connectivity index (χ1v) is 4.06. The molecule has 0 N–H and O–H groups in total. The van der Waals surface area contributed by atoms with Crippen molar-refractivity contribution in [3.63, 3.8) is 0 Å². The van der Waals surface area contributed by atoms with Crippen molar-refractivity contribution in [2.75, 3.05) is 6.26 Å². The number of hydrogen-bond acceptors (Lipinski definition) is 3. The Bertz CT molecular complexity index is 244. The Morgan fingerprint density at radius 2 is 2.50 bits per heavy atom. The molecule has 0 unspecified atom stereocenters. The lowest BCUT2D eigenvalue weighted by Gasteiger charge is -1.97. The van der Waals surface area contributed by atoms with Crippen molar-refractivity contribution in [1.29, 1.82) is 0 Å². The number of aromatic nitrogens is 2. The van der Waals surface area contributed by atoms with Crippen LogP contribution in [0.4, 0.5) is 0 Å². The Hall–Kier alpha value is -0.770. The predicted octanol–water partition coefficient (Wildman–Crippen LogP) is 1.27. The molecule has 0 aliphatic carbocycles. The van der Waals surface area contributed by atoms with Crippen molar-refractivity contribution in [3.05, 3.63) is 12.4 Å². The van der Waals surface area contributed by atoms with Crippen molar-refractivity contribution in [3.8, 4) is 0 Å². The van der Waals surface area contributed by atoms with Crippen molar-refractivity contribution in [2.24, 2.45) is 0 Å². The second kappa shape index (κ2) is 2.88. The monoisotopic (exact) mass is 156 g/mol. The fourth-order valence-electron chi connectivity index (χ4n) is 0.680. The number of imidazole rings is 1. The Morgan fingerprint density at radius 1 is 1.80 bits per heavy atom. The minimum absolute atomic E-state index is 0.00171. The summed E-state index contributed by atoms with van der Waals surface area (Å²) in [6, 6.07) is 0. The quantitative estimate of drug-likeness (QED) is 0.574. The summed E-state index contributed by atoms with van der Waals surface area (Å²) < 4.78 is 1.52. The van der Waals surface area contributed by atoms with Gasteiger partial charge < -0.3 is 0 Å². The Balaban J connectivity index is 3.01. The highest BCUT2D eigenvalue weighted by Gasteiger charge is 2.02. The molecule has 0 saturated carbocycles. The standard InChI is InChI=1S/C6H8N2OS/c1-5(9)8-4-3-7-6(8)10-2/h3-4H,1-2H3. The number of hydrogen-bond donors (Lipinski definition) is 0. The molecule has 10 heavy (non-hydrogen) atoms. The van der Waals surface area contributed by atoms with Crippen LogP contribution in [0.5, 0.6) is 0 Å². The average Bonchev–Trinajstić information content (AvgIpc) is 2.33. The van der Waals surface area contributed by atoms with Crippen LogP contribution < -0.4 is 0 Å². The first-order chi connectivity index (χ1) is 4.75. The summed E-state index contributed by atoms with van der Waals surface area (Å²) in [5.41, 5.74) is 0. The van der Waals surface area contributed by atoms with Gasteiger partial charge in [-0.25, -0.2) is 4.98 Å². The van der Waals surface area contributed by atoms with Crippen molar-refractivity contribution in [2.45, 2.75) is 12.1 Å². The molecule has 0 saturated heterocycles. The molecule has 0 aliphatic rings. The van der Waals surface area contributed by atoms with Gasteiger partial charge in [0.25, 0.3) is 0 Å². The third-order valence-corrected chi connectivity index (χ3v) is 1.80. The van der Waals surface area contributed by atoms with Crippen LogP contribution in [0.15, 0.2) is 17.6 Å². The summed E-state index contributed by atoms with van der Waals surface area (Å²) in [6.07, 6.45) is 5.17. The maximum atomic E-state index is 10.8. The van der Waals surface area contributed by atoms with E-state index < -0.39 is 0 Å². The van der Waals surface area contributed by atoms with Crippen LogP contribution >= 0.6 is 11.8 Å². The molecule has 0 radical (unpaired) electrons. The number of nitrogens with zero attached hydrogens (tertiary/aromatic N) is 2. The van der Waals surface area contributed by atoms with Crippen molar-refractivity contribution >= 4 is 17.7 Å². The van der Waals surface area contributed by atoms with Gasteiger partial charge in [-0.05, 0) is 6.26 Å². The maximum absolute atomic E-state index is 10.8. The first-order valence-electron chi connectivity index (χ1n) is 2.84. The summed E-state index contributed by atoms with van der Waals surface area (Å²) in [7, 11) is 0. The highest BCUT2D eigenvalue weighted by atomic mass is 32.2. The van der Waals surface area contributed by atoms with E-state index in [4.69, 9.17) is 0 Å². The summed E-state index contributed by atoms with van der Waals surface area (Å²) in [5, 5.41) is 0.743. The van der Waals surface area contributed by atoms with E-state index in [2.05, 4.69) is 4.98 Å². The Morgan fingerprint density at radius 3 is 2.90 bits per heavy atom. The lowest BCUT2D eigenvalue weighted by Crippen LogP contribution is -2.04. The molecule has 0 atom stereocenters. The molecule has 0 amide bonds. The molecule has 0 bridgehead atoms. The molecule has 3 nitrogen and oxygen atoms in total. The van der Waals surface area contributed by atoms with Crippen LogP contribution in [-0.4, -0.2) is 21.7 Å².